The third-order valence-electron chi connectivity index (χ3n) is 6.92. The molecule has 4 rings (SSSR count). The van der Waals surface area contributed by atoms with Crippen molar-refractivity contribution in [1.29, 1.82) is 0 Å². The smallest absolute Gasteiger partial charge is 0.240 e. The summed E-state index contributed by atoms with van der Waals surface area (Å²) in [7, 11) is 0. The van der Waals surface area contributed by atoms with Crippen LogP contribution >= 0.6 is 23.2 Å². The normalized spacial score (nSPS) is 14.3. The molecule has 208 valence electrons. The molecule has 0 unspecified atom stereocenters. The van der Waals surface area contributed by atoms with Crippen LogP contribution in [0.15, 0.2) is 47.0 Å². The van der Waals surface area contributed by atoms with Gasteiger partial charge in [-0.3, -0.25) is 9.59 Å². The summed E-state index contributed by atoms with van der Waals surface area (Å²) in [6, 6.07) is 12.4. The fourth-order valence-corrected chi connectivity index (χ4v) is 5.00. The molecule has 10 heteroatoms. The molecule has 0 aliphatic heterocycles. The number of nitrogens with two attached hydrogens (primary N) is 1. The molecule has 3 N–H and O–H groups in total. The lowest BCUT2D eigenvalue weighted by Gasteiger charge is -2.18. The number of benzene rings is 2. The first kappa shape index (κ1) is 29.1. The van der Waals surface area contributed by atoms with Gasteiger partial charge in [0.05, 0.1) is 29.1 Å². The van der Waals surface area contributed by atoms with Crippen molar-refractivity contribution in [2.75, 3.05) is 13.2 Å². The van der Waals surface area contributed by atoms with E-state index in [1.807, 2.05) is 36.4 Å². The maximum atomic E-state index is 13.2. The van der Waals surface area contributed by atoms with Crippen molar-refractivity contribution in [2.45, 2.75) is 63.8 Å². The molecule has 1 aliphatic carbocycles. The van der Waals surface area contributed by atoms with Crippen molar-refractivity contribution in [3.63, 3.8) is 0 Å². The maximum absolute atomic E-state index is 13.2. The van der Waals surface area contributed by atoms with E-state index >= 15 is 0 Å². The van der Waals surface area contributed by atoms with Crippen molar-refractivity contribution < 1.29 is 18.8 Å². The molecule has 3 aromatic rings. The monoisotopic (exact) mass is 572 g/mol. The first-order valence-electron chi connectivity index (χ1n) is 13.5. The van der Waals surface area contributed by atoms with Crippen LogP contribution in [0.3, 0.4) is 0 Å². The summed E-state index contributed by atoms with van der Waals surface area (Å²) < 4.78 is 11.2. The summed E-state index contributed by atoms with van der Waals surface area (Å²) in [5, 5.41) is 7.91. The molecular weight excluding hydrogens is 539 g/mol. The minimum absolute atomic E-state index is 0.0169. The molecule has 2 aromatic carbocycles. The van der Waals surface area contributed by atoms with Crippen molar-refractivity contribution in [2.24, 2.45) is 11.7 Å². The van der Waals surface area contributed by atoms with E-state index in [0.717, 1.165) is 55.4 Å². The number of unbranched alkanes of at least 4 members (excludes halogenated alkanes) is 1. The van der Waals surface area contributed by atoms with Gasteiger partial charge in [-0.15, -0.1) is 0 Å². The van der Waals surface area contributed by atoms with E-state index in [1.165, 1.54) is 0 Å². The molecule has 1 aliphatic rings. The predicted molar refractivity (Wildman–Crippen MR) is 150 cm³/mol. The van der Waals surface area contributed by atoms with Crippen LogP contribution in [0, 0.1) is 5.92 Å². The molecule has 1 amide bonds. The second kappa shape index (κ2) is 14.4. The van der Waals surface area contributed by atoms with Gasteiger partial charge >= 0.3 is 0 Å². The third kappa shape index (κ3) is 8.52. The van der Waals surface area contributed by atoms with Gasteiger partial charge in [0.25, 0.3) is 0 Å². The number of carbonyl (C=O) groups excluding carboxylic acids is 2. The van der Waals surface area contributed by atoms with Crippen LogP contribution in [0.2, 0.25) is 10.0 Å². The van der Waals surface area contributed by atoms with Gasteiger partial charge in [0.1, 0.15) is 5.75 Å². The van der Waals surface area contributed by atoms with Crippen molar-refractivity contribution >= 4 is 34.9 Å². The zero-order chi connectivity index (χ0) is 27.6. The zero-order valence-electron chi connectivity index (χ0n) is 21.8. The molecule has 0 bridgehead atoms. The summed E-state index contributed by atoms with van der Waals surface area (Å²) in [4.78, 5) is 30.2. The molecule has 1 aromatic heterocycles. The van der Waals surface area contributed by atoms with E-state index in [2.05, 4.69) is 15.5 Å². The standard InChI is InChI=1S/C29H34Cl2N4O4/c30-23-13-10-20(17-24(23)31)14-16-38-22-11-8-19(9-12-22)18-26-34-28(35-39-26)27(36)25(7-3-4-15-32)33-29(37)21-5-1-2-6-21/h8-13,17,21,25H,1-7,14-16,18,32H2,(H,33,37)/t25-/m0/s1. The Morgan fingerprint density at radius 2 is 1.79 bits per heavy atom. The average Bonchev–Trinajstić information content (AvgIpc) is 3.64. The van der Waals surface area contributed by atoms with E-state index in [4.69, 9.17) is 38.2 Å². The SMILES string of the molecule is NCCCC[C@H](NC(=O)C1CCCC1)C(=O)c1noc(Cc2ccc(OCCc3ccc(Cl)c(Cl)c3)cc2)n1. The minimum Gasteiger partial charge on any atom is -0.493 e. The number of rotatable bonds is 14. The highest BCUT2D eigenvalue weighted by molar-refractivity contribution is 6.42. The summed E-state index contributed by atoms with van der Waals surface area (Å²) in [5.74, 6) is 0.615. The van der Waals surface area contributed by atoms with Crippen LogP contribution in [0.4, 0.5) is 0 Å². The van der Waals surface area contributed by atoms with E-state index in [1.54, 1.807) is 6.07 Å². The zero-order valence-corrected chi connectivity index (χ0v) is 23.3. The van der Waals surface area contributed by atoms with Crippen LogP contribution < -0.4 is 15.8 Å². The molecular formula is C29H34Cl2N4O4. The number of ketones is 1. The number of hydrogen-bond donors (Lipinski definition) is 2. The minimum atomic E-state index is -0.685. The number of amides is 1. The number of aromatic nitrogens is 2. The Morgan fingerprint density at radius 1 is 1.05 bits per heavy atom. The fourth-order valence-electron chi connectivity index (χ4n) is 4.68. The lowest BCUT2D eigenvalue weighted by atomic mass is 10.0. The van der Waals surface area contributed by atoms with Gasteiger partial charge in [-0.05, 0) is 74.0 Å². The second-order valence-electron chi connectivity index (χ2n) is 9.87. The Kier molecular flexibility index (Phi) is 10.8. The molecule has 1 atom stereocenters. The predicted octanol–water partition coefficient (Wildman–Crippen LogP) is 5.58. The summed E-state index contributed by atoms with van der Waals surface area (Å²) >= 11 is 12.0. The molecule has 0 saturated heterocycles. The lowest BCUT2D eigenvalue weighted by Crippen LogP contribution is -2.43. The number of ether oxygens (including phenoxy) is 1. The van der Waals surface area contributed by atoms with Gasteiger partial charge in [-0.2, -0.15) is 4.98 Å². The number of carbonyl (C=O) groups is 2. The number of nitrogens with one attached hydrogen (secondary N) is 1. The van der Waals surface area contributed by atoms with E-state index in [-0.39, 0.29) is 23.4 Å². The quantitative estimate of drug-likeness (QED) is 0.191. The van der Waals surface area contributed by atoms with Crippen LogP contribution in [0.25, 0.3) is 0 Å². The molecule has 1 fully saturated rings. The topological polar surface area (TPSA) is 120 Å². The van der Waals surface area contributed by atoms with E-state index in [9.17, 15) is 9.59 Å². The highest BCUT2D eigenvalue weighted by Crippen LogP contribution is 2.25. The Balaban J connectivity index is 1.30. The van der Waals surface area contributed by atoms with Gasteiger partial charge in [0.2, 0.25) is 23.4 Å². The number of nitrogens with zero attached hydrogens (tertiary/aromatic N) is 2. The highest BCUT2D eigenvalue weighted by Gasteiger charge is 2.30. The Bertz CT molecular complexity index is 1240. The Morgan fingerprint density at radius 3 is 2.51 bits per heavy atom. The second-order valence-corrected chi connectivity index (χ2v) is 10.7. The number of halogens is 2. The summed E-state index contributed by atoms with van der Waals surface area (Å²) in [6.07, 6.45) is 6.88. The van der Waals surface area contributed by atoms with Gasteiger partial charge in [-0.1, -0.05) is 59.4 Å². The van der Waals surface area contributed by atoms with Crippen molar-refractivity contribution in [3.8, 4) is 5.75 Å². The number of hydrogen-bond acceptors (Lipinski definition) is 7. The van der Waals surface area contributed by atoms with E-state index in [0.29, 0.717) is 48.4 Å². The van der Waals surface area contributed by atoms with Crippen LogP contribution in [-0.4, -0.2) is 41.0 Å². The average molecular weight is 574 g/mol. The molecule has 0 spiro atoms. The van der Waals surface area contributed by atoms with Gasteiger partial charge in [0.15, 0.2) is 0 Å². The fraction of sp³-hybridized carbons (Fsp3) is 0.448. The largest absolute Gasteiger partial charge is 0.493 e. The number of Topliss-reactive ketones (excluding diaryl/α,β-unsaturated/α-hetero) is 1. The molecule has 0 radical (unpaired) electrons. The van der Waals surface area contributed by atoms with Crippen LogP contribution in [0.5, 0.6) is 5.75 Å². The van der Waals surface area contributed by atoms with Crippen LogP contribution in [0.1, 0.15) is 72.6 Å². The molecule has 8 nitrogen and oxygen atoms in total. The third-order valence-corrected chi connectivity index (χ3v) is 7.66. The Labute approximate surface area is 238 Å². The van der Waals surface area contributed by atoms with Gasteiger partial charge < -0.3 is 20.3 Å². The van der Waals surface area contributed by atoms with Crippen molar-refractivity contribution in [3.05, 3.63) is 75.4 Å². The van der Waals surface area contributed by atoms with Gasteiger partial charge in [0, 0.05) is 12.3 Å². The van der Waals surface area contributed by atoms with Crippen LogP contribution in [-0.2, 0) is 17.6 Å². The summed E-state index contributed by atoms with van der Waals surface area (Å²) in [5.41, 5.74) is 7.60. The Hall–Kier alpha value is -2.94. The molecule has 1 saturated carbocycles. The first-order chi connectivity index (χ1) is 18.9. The molecule has 1 heterocycles. The van der Waals surface area contributed by atoms with Crippen molar-refractivity contribution in [1.82, 2.24) is 15.5 Å². The molecule has 39 heavy (non-hydrogen) atoms. The first-order valence-corrected chi connectivity index (χ1v) is 14.2. The summed E-state index contributed by atoms with van der Waals surface area (Å²) in [6.45, 7) is 1.03. The highest BCUT2D eigenvalue weighted by atomic mass is 35.5. The maximum Gasteiger partial charge on any atom is 0.240 e. The lowest BCUT2D eigenvalue weighted by molar-refractivity contribution is -0.125. The van der Waals surface area contributed by atoms with Gasteiger partial charge in [-0.25, -0.2) is 0 Å². The van der Waals surface area contributed by atoms with E-state index < -0.39 is 6.04 Å².